The first-order chi connectivity index (χ1) is 15.0. The standard InChI is InChI=1S/C22H29N7O2/c1-16-5-4-7-19(11-16)27-22(26-15-23)25-12-17-6-2-3-9-29(21(17)31)14-20(30)28-10-8-18(24)13-28/h4-5,7,11-12,17-18H,2-3,6,8-10,13-14,24H2,1H3,(H,26,27)/b25-12-. The lowest BCUT2D eigenvalue weighted by molar-refractivity contribution is -0.140. The highest BCUT2D eigenvalue weighted by molar-refractivity contribution is 6.00. The van der Waals surface area contributed by atoms with Crippen LogP contribution in [-0.2, 0) is 9.59 Å². The Morgan fingerprint density at radius 3 is 2.90 bits per heavy atom. The molecule has 0 aromatic heterocycles. The number of hydrogen-bond acceptors (Lipinski definition) is 5. The lowest BCUT2D eigenvalue weighted by Gasteiger charge is -2.25. The molecule has 3 N–H and O–H groups in total. The predicted octanol–water partition coefficient (Wildman–Crippen LogP) is 1.31. The average Bonchev–Trinajstić information content (AvgIpc) is 3.10. The fraction of sp³-hybridized carbons (Fsp3) is 0.500. The van der Waals surface area contributed by atoms with Gasteiger partial charge in [-0.3, -0.25) is 14.9 Å². The van der Waals surface area contributed by atoms with Gasteiger partial charge in [-0.05, 0) is 43.9 Å². The van der Waals surface area contributed by atoms with Gasteiger partial charge >= 0.3 is 0 Å². The normalized spacial score (nSPS) is 22.5. The zero-order chi connectivity index (χ0) is 22.2. The third-order valence-electron chi connectivity index (χ3n) is 5.51. The van der Waals surface area contributed by atoms with Crippen molar-refractivity contribution < 1.29 is 9.59 Å². The van der Waals surface area contributed by atoms with Crippen LogP contribution in [0.15, 0.2) is 34.3 Å². The van der Waals surface area contributed by atoms with Crippen molar-refractivity contribution in [3.63, 3.8) is 0 Å². The Kier molecular flexibility index (Phi) is 7.73. The van der Waals surface area contributed by atoms with Crippen LogP contribution in [0.5, 0.6) is 0 Å². The highest BCUT2D eigenvalue weighted by atomic mass is 16.2. The summed E-state index contributed by atoms with van der Waals surface area (Å²) < 4.78 is 0. The van der Waals surface area contributed by atoms with Crippen molar-refractivity contribution in [2.45, 2.75) is 38.6 Å². The number of benzene rings is 1. The van der Waals surface area contributed by atoms with Gasteiger partial charge in [0.2, 0.25) is 17.8 Å². The van der Waals surface area contributed by atoms with Crippen LogP contribution in [0, 0.1) is 24.3 Å². The van der Waals surface area contributed by atoms with Gasteiger partial charge in [0.1, 0.15) is 0 Å². The van der Waals surface area contributed by atoms with Crippen LogP contribution in [0.2, 0.25) is 0 Å². The summed E-state index contributed by atoms with van der Waals surface area (Å²) in [5.41, 5.74) is 7.60. The minimum Gasteiger partial charge on any atom is -0.340 e. The maximum absolute atomic E-state index is 13.0. The van der Waals surface area contributed by atoms with Crippen molar-refractivity contribution in [2.24, 2.45) is 21.6 Å². The van der Waals surface area contributed by atoms with Gasteiger partial charge in [-0.1, -0.05) is 18.6 Å². The molecule has 2 fully saturated rings. The van der Waals surface area contributed by atoms with Crippen LogP contribution in [-0.4, -0.2) is 66.0 Å². The van der Waals surface area contributed by atoms with Crippen LogP contribution in [0.4, 0.5) is 5.69 Å². The van der Waals surface area contributed by atoms with E-state index in [-0.39, 0.29) is 30.4 Å². The van der Waals surface area contributed by atoms with E-state index in [1.807, 2.05) is 37.4 Å². The first kappa shape index (κ1) is 22.4. The second kappa shape index (κ2) is 10.7. The predicted molar refractivity (Wildman–Crippen MR) is 119 cm³/mol. The highest BCUT2D eigenvalue weighted by Gasteiger charge is 2.30. The number of nitrogens with one attached hydrogen (secondary N) is 1. The van der Waals surface area contributed by atoms with Gasteiger partial charge in [-0.15, -0.1) is 0 Å². The first-order valence-corrected chi connectivity index (χ1v) is 10.6. The van der Waals surface area contributed by atoms with Crippen LogP contribution in [0.3, 0.4) is 0 Å². The number of aliphatic imine (C=N–C) groups is 2. The minimum absolute atomic E-state index is 0.0161. The minimum atomic E-state index is -0.459. The number of hydrogen-bond donors (Lipinski definition) is 2. The van der Waals surface area contributed by atoms with Crippen LogP contribution in [0.25, 0.3) is 0 Å². The van der Waals surface area contributed by atoms with Gasteiger partial charge in [0.05, 0.1) is 18.2 Å². The van der Waals surface area contributed by atoms with E-state index < -0.39 is 5.92 Å². The van der Waals surface area contributed by atoms with Crippen LogP contribution in [0.1, 0.15) is 31.2 Å². The average molecular weight is 424 g/mol. The molecule has 0 spiro atoms. The van der Waals surface area contributed by atoms with Crippen molar-refractivity contribution >= 4 is 29.7 Å². The van der Waals surface area contributed by atoms with Gasteiger partial charge in [-0.25, -0.2) is 9.98 Å². The molecule has 0 aliphatic carbocycles. The molecule has 0 saturated carbocycles. The summed E-state index contributed by atoms with van der Waals surface area (Å²) in [6, 6.07) is 7.54. The molecule has 2 heterocycles. The number of nitrogens with two attached hydrogens (primary N) is 1. The number of amides is 2. The Labute approximate surface area is 182 Å². The van der Waals surface area contributed by atoms with Crippen molar-refractivity contribution in [3.05, 3.63) is 29.8 Å². The molecule has 31 heavy (non-hydrogen) atoms. The number of guanidine groups is 1. The lowest BCUT2D eigenvalue weighted by atomic mass is 10.0. The molecule has 1 aromatic carbocycles. The Balaban J connectivity index is 1.69. The number of rotatable bonds is 4. The molecule has 9 nitrogen and oxygen atoms in total. The maximum Gasteiger partial charge on any atom is 0.242 e. The van der Waals surface area contributed by atoms with E-state index in [2.05, 4.69) is 15.3 Å². The van der Waals surface area contributed by atoms with E-state index >= 15 is 0 Å². The zero-order valence-corrected chi connectivity index (χ0v) is 17.8. The maximum atomic E-state index is 13.0. The summed E-state index contributed by atoms with van der Waals surface area (Å²) in [6.07, 6.45) is 6.51. The molecule has 9 heteroatoms. The third-order valence-corrected chi connectivity index (χ3v) is 5.51. The summed E-state index contributed by atoms with van der Waals surface area (Å²) in [4.78, 5) is 37.6. The van der Waals surface area contributed by atoms with Crippen molar-refractivity contribution in [2.75, 3.05) is 26.2 Å². The number of nitrogens with zero attached hydrogens (tertiary/aromatic N) is 5. The summed E-state index contributed by atoms with van der Waals surface area (Å²) >= 11 is 0. The van der Waals surface area contributed by atoms with Crippen molar-refractivity contribution in [1.82, 2.24) is 15.1 Å². The molecule has 2 amide bonds. The Bertz CT molecular complexity index is 905. The quantitative estimate of drug-likeness (QED) is 0.327. The summed E-state index contributed by atoms with van der Waals surface area (Å²) in [5, 5.41) is 11.5. The number of likely N-dealkylation sites (tertiary alicyclic amines) is 2. The first-order valence-electron chi connectivity index (χ1n) is 10.6. The molecule has 0 radical (unpaired) electrons. The third kappa shape index (κ3) is 6.36. The molecular weight excluding hydrogens is 394 g/mol. The molecule has 164 valence electrons. The molecule has 2 aliphatic rings. The van der Waals surface area contributed by atoms with Crippen molar-refractivity contribution in [3.8, 4) is 6.19 Å². The number of aryl methyl sites for hydroxylation is 1. The fourth-order valence-corrected chi connectivity index (χ4v) is 3.83. The van der Waals surface area contributed by atoms with E-state index in [1.54, 1.807) is 9.80 Å². The van der Waals surface area contributed by atoms with Crippen LogP contribution >= 0.6 is 0 Å². The smallest absolute Gasteiger partial charge is 0.242 e. The van der Waals surface area contributed by atoms with Crippen molar-refractivity contribution in [1.29, 1.82) is 5.26 Å². The lowest BCUT2D eigenvalue weighted by Crippen LogP contribution is -2.44. The Morgan fingerprint density at radius 2 is 2.19 bits per heavy atom. The largest absolute Gasteiger partial charge is 0.340 e. The molecule has 0 bridgehead atoms. The van der Waals surface area contributed by atoms with Gasteiger partial charge in [0.15, 0.2) is 6.19 Å². The van der Waals surface area contributed by atoms with E-state index in [9.17, 15) is 9.59 Å². The Morgan fingerprint density at radius 1 is 1.35 bits per heavy atom. The fourth-order valence-electron chi connectivity index (χ4n) is 3.83. The summed E-state index contributed by atoms with van der Waals surface area (Å²) in [5.74, 6) is -0.519. The monoisotopic (exact) mass is 423 g/mol. The molecule has 2 unspecified atom stereocenters. The Hall–Kier alpha value is -3.25. The van der Waals surface area contributed by atoms with Crippen LogP contribution < -0.4 is 11.1 Å². The number of nitriles is 1. The molecule has 2 atom stereocenters. The second-order valence-corrected chi connectivity index (χ2v) is 8.04. The number of carbonyl (C=O) groups excluding carboxylic acids is 2. The summed E-state index contributed by atoms with van der Waals surface area (Å²) in [7, 11) is 0. The van der Waals surface area contributed by atoms with E-state index in [0.29, 0.717) is 31.7 Å². The molecule has 3 rings (SSSR count). The highest BCUT2D eigenvalue weighted by Crippen LogP contribution is 2.18. The second-order valence-electron chi connectivity index (χ2n) is 8.04. The summed E-state index contributed by atoms with van der Waals surface area (Å²) in [6.45, 7) is 3.76. The molecule has 2 aliphatic heterocycles. The van der Waals surface area contributed by atoms with Gasteiger partial charge < -0.3 is 15.5 Å². The molecule has 2 saturated heterocycles. The van der Waals surface area contributed by atoms with E-state index in [0.717, 1.165) is 24.8 Å². The van der Waals surface area contributed by atoms with Gasteiger partial charge in [0, 0.05) is 31.9 Å². The number of carbonyl (C=O) groups is 2. The van der Waals surface area contributed by atoms with Gasteiger partial charge in [0.25, 0.3) is 0 Å². The SMILES string of the molecule is Cc1cccc(N=C(/N=C\C2CCCCN(CC(=O)N3CCC(N)C3)C2=O)NC#N)c1. The topological polar surface area (TPSA) is 127 Å². The van der Waals surface area contributed by atoms with Gasteiger partial charge in [-0.2, -0.15) is 5.26 Å². The molecular formula is C22H29N7O2. The van der Waals surface area contributed by atoms with E-state index in [1.165, 1.54) is 6.21 Å². The van der Waals surface area contributed by atoms with E-state index in [4.69, 9.17) is 11.0 Å². The zero-order valence-electron chi connectivity index (χ0n) is 17.8. The molecule has 1 aromatic rings.